The van der Waals surface area contributed by atoms with E-state index in [2.05, 4.69) is 10.3 Å². The van der Waals surface area contributed by atoms with Gasteiger partial charge >= 0.3 is 0 Å². The summed E-state index contributed by atoms with van der Waals surface area (Å²) in [5.41, 5.74) is 2.57. The molecule has 0 spiro atoms. The molecular formula is C6H14N2O3. The molecule has 0 aromatic rings. The molecule has 0 aliphatic heterocycles. The lowest BCUT2D eigenvalue weighted by atomic mass is 10.1. The third-order valence-electron chi connectivity index (χ3n) is 1.62. The van der Waals surface area contributed by atoms with E-state index in [1.54, 1.807) is 6.92 Å². The summed E-state index contributed by atoms with van der Waals surface area (Å²) in [4.78, 5) is 14.6. The predicted molar refractivity (Wildman–Crippen MR) is 40.7 cm³/mol. The first-order valence-electron chi connectivity index (χ1n) is 3.55. The van der Waals surface area contributed by atoms with Crippen LogP contribution >= 0.6 is 0 Å². The number of nitro groups is 1. The van der Waals surface area contributed by atoms with Crippen molar-refractivity contribution in [3.05, 3.63) is 10.1 Å². The molecule has 0 aliphatic rings. The maximum Gasteiger partial charge on any atom is 0.227 e. The first-order chi connectivity index (χ1) is 5.13. The van der Waals surface area contributed by atoms with Crippen LogP contribution in [0.2, 0.25) is 0 Å². The summed E-state index contributed by atoms with van der Waals surface area (Å²) in [6.45, 7) is 3.43. The zero-order valence-electron chi connectivity index (χ0n) is 7.03. The highest BCUT2D eigenvalue weighted by Gasteiger charge is 2.24. The van der Waals surface area contributed by atoms with Crippen LogP contribution in [-0.4, -0.2) is 24.1 Å². The van der Waals surface area contributed by atoms with Crippen molar-refractivity contribution in [2.45, 2.75) is 32.4 Å². The van der Waals surface area contributed by atoms with Crippen molar-refractivity contribution in [1.29, 1.82) is 0 Å². The Labute approximate surface area is 65.8 Å². The highest BCUT2D eigenvalue weighted by molar-refractivity contribution is 4.66. The summed E-state index contributed by atoms with van der Waals surface area (Å²) < 4.78 is 0. The Morgan fingerprint density at radius 3 is 2.55 bits per heavy atom. The molecule has 0 fully saturated rings. The number of nitrogens with one attached hydrogen (secondary N) is 1. The molecule has 0 aromatic carbocycles. The molecule has 2 atom stereocenters. The molecule has 0 amide bonds. The average Bonchev–Trinajstić information content (AvgIpc) is 1.98. The highest BCUT2D eigenvalue weighted by atomic mass is 16.6. The minimum atomic E-state index is -0.611. The van der Waals surface area contributed by atoms with Crippen LogP contribution in [0.1, 0.15) is 20.3 Å². The summed E-state index contributed by atoms with van der Waals surface area (Å²) in [6.07, 6.45) is 0.677. The van der Waals surface area contributed by atoms with Gasteiger partial charge in [-0.15, -0.1) is 0 Å². The van der Waals surface area contributed by atoms with Crippen molar-refractivity contribution in [3.8, 4) is 0 Å². The number of nitrogens with zero attached hydrogens (tertiary/aromatic N) is 1. The van der Waals surface area contributed by atoms with Crippen LogP contribution in [-0.2, 0) is 4.84 Å². The van der Waals surface area contributed by atoms with Gasteiger partial charge in [0.2, 0.25) is 6.04 Å². The summed E-state index contributed by atoms with van der Waals surface area (Å²) in [6, 6.07) is -0.824. The molecule has 11 heavy (non-hydrogen) atoms. The number of hydrogen-bond donors (Lipinski definition) is 1. The van der Waals surface area contributed by atoms with E-state index in [1.807, 2.05) is 6.92 Å². The monoisotopic (exact) mass is 162 g/mol. The van der Waals surface area contributed by atoms with E-state index in [0.717, 1.165) is 0 Å². The molecule has 5 heteroatoms. The number of rotatable bonds is 5. The molecule has 0 aliphatic carbocycles. The lowest BCUT2D eigenvalue weighted by Crippen LogP contribution is -2.41. The third-order valence-corrected chi connectivity index (χ3v) is 1.62. The number of hydrogen-bond acceptors (Lipinski definition) is 4. The van der Waals surface area contributed by atoms with E-state index < -0.39 is 6.04 Å². The average molecular weight is 162 g/mol. The first-order valence-corrected chi connectivity index (χ1v) is 3.55. The van der Waals surface area contributed by atoms with Gasteiger partial charge in [0.25, 0.3) is 0 Å². The van der Waals surface area contributed by atoms with Gasteiger partial charge in [0.1, 0.15) is 0 Å². The van der Waals surface area contributed by atoms with Crippen LogP contribution in [0.15, 0.2) is 0 Å². The van der Waals surface area contributed by atoms with E-state index in [0.29, 0.717) is 6.42 Å². The lowest BCUT2D eigenvalue weighted by Gasteiger charge is -2.15. The van der Waals surface area contributed by atoms with E-state index in [1.165, 1.54) is 7.11 Å². The Balaban J connectivity index is 3.91. The maximum atomic E-state index is 10.3. The molecule has 0 rings (SSSR count). The fourth-order valence-corrected chi connectivity index (χ4v) is 0.821. The second-order valence-electron chi connectivity index (χ2n) is 2.36. The second-order valence-corrected chi connectivity index (χ2v) is 2.36. The standard InChI is InChI=1S/C6H14N2O3/c1-4-6(7-11-3)5(2)8(9)10/h5-7H,4H2,1-3H3. The SMILES string of the molecule is CCC(NOC)C(C)[N+](=O)[O-]. The Morgan fingerprint density at radius 1 is 1.73 bits per heavy atom. The zero-order chi connectivity index (χ0) is 8.85. The van der Waals surface area contributed by atoms with Gasteiger partial charge in [-0.05, 0) is 6.42 Å². The van der Waals surface area contributed by atoms with Crippen molar-refractivity contribution in [2.75, 3.05) is 7.11 Å². The Kier molecular flexibility index (Phi) is 4.72. The molecular weight excluding hydrogens is 148 g/mol. The van der Waals surface area contributed by atoms with Crippen LogP contribution in [0.4, 0.5) is 0 Å². The van der Waals surface area contributed by atoms with Gasteiger partial charge in [-0.2, -0.15) is 5.48 Å². The van der Waals surface area contributed by atoms with Crippen molar-refractivity contribution >= 4 is 0 Å². The van der Waals surface area contributed by atoms with Gasteiger partial charge in [-0.1, -0.05) is 6.92 Å². The minimum absolute atomic E-state index is 0.213. The number of hydroxylamine groups is 1. The van der Waals surface area contributed by atoms with Gasteiger partial charge in [-0.3, -0.25) is 10.1 Å². The van der Waals surface area contributed by atoms with Gasteiger partial charge < -0.3 is 4.84 Å². The molecule has 0 heterocycles. The Bertz CT molecular complexity index is 129. The smallest absolute Gasteiger partial charge is 0.227 e. The molecule has 5 nitrogen and oxygen atoms in total. The van der Waals surface area contributed by atoms with Gasteiger partial charge in [0.05, 0.1) is 13.2 Å². The van der Waals surface area contributed by atoms with Gasteiger partial charge in [-0.25, -0.2) is 0 Å². The van der Waals surface area contributed by atoms with E-state index in [4.69, 9.17) is 0 Å². The summed E-state index contributed by atoms with van der Waals surface area (Å²) in [7, 11) is 1.45. The van der Waals surface area contributed by atoms with E-state index in [-0.39, 0.29) is 11.0 Å². The van der Waals surface area contributed by atoms with E-state index >= 15 is 0 Å². The molecule has 0 saturated carbocycles. The molecule has 66 valence electrons. The molecule has 0 radical (unpaired) electrons. The van der Waals surface area contributed by atoms with Crippen LogP contribution in [0.5, 0.6) is 0 Å². The fourth-order valence-electron chi connectivity index (χ4n) is 0.821. The minimum Gasteiger partial charge on any atom is -0.305 e. The molecule has 1 N–H and O–H groups in total. The zero-order valence-corrected chi connectivity index (χ0v) is 7.03. The molecule has 0 aromatic heterocycles. The van der Waals surface area contributed by atoms with Crippen LogP contribution < -0.4 is 5.48 Å². The van der Waals surface area contributed by atoms with Crippen LogP contribution in [0, 0.1) is 10.1 Å². The molecule has 0 saturated heterocycles. The Hall–Kier alpha value is -0.680. The fraction of sp³-hybridized carbons (Fsp3) is 1.00. The van der Waals surface area contributed by atoms with Crippen molar-refractivity contribution in [3.63, 3.8) is 0 Å². The Morgan fingerprint density at radius 2 is 2.27 bits per heavy atom. The lowest BCUT2D eigenvalue weighted by molar-refractivity contribution is -0.524. The summed E-state index contributed by atoms with van der Waals surface area (Å²) >= 11 is 0. The topological polar surface area (TPSA) is 64.4 Å². The molecule has 0 bridgehead atoms. The largest absolute Gasteiger partial charge is 0.305 e. The molecule has 2 unspecified atom stereocenters. The van der Waals surface area contributed by atoms with E-state index in [9.17, 15) is 10.1 Å². The third kappa shape index (κ3) is 3.29. The van der Waals surface area contributed by atoms with Crippen molar-refractivity contribution < 1.29 is 9.76 Å². The van der Waals surface area contributed by atoms with Crippen LogP contribution in [0.3, 0.4) is 0 Å². The quantitative estimate of drug-likeness (QED) is 0.474. The summed E-state index contributed by atoms with van der Waals surface area (Å²) in [5.74, 6) is 0. The summed E-state index contributed by atoms with van der Waals surface area (Å²) in [5, 5.41) is 10.3. The van der Waals surface area contributed by atoms with Crippen LogP contribution in [0.25, 0.3) is 0 Å². The van der Waals surface area contributed by atoms with Crippen molar-refractivity contribution in [1.82, 2.24) is 5.48 Å². The van der Waals surface area contributed by atoms with Crippen molar-refractivity contribution in [2.24, 2.45) is 0 Å². The highest BCUT2D eigenvalue weighted by Crippen LogP contribution is 2.01. The maximum absolute atomic E-state index is 10.3. The normalized spacial score (nSPS) is 15.9. The van der Waals surface area contributed by atoms with Gasteiger partial charge in [0, 0.05) is 11.8 Å². The first kappa shape index (κ1) is 10.3. The second kappa shape index (κ2) is 5.03. The predicted octanol–water partition coefficient (Wildman–Crippen LogP) is 0.581. The van der Waals surface area contributed by atoms with Gasteiger partial charge in [0.15, 0.2) is 0 Å².